The molecule has 1 aliphatic rings. The van der Waals surface area contributed by atoms with Gasteiger partial charge in [-0.25, -0.2) is 0 Å². The van der Waals surface area contributed by atoms with E-state index in [4.69, 9.17) is 4.74 Å². The van der Waals surface area contributed by atoms with Crippen molar-refractivity contribution in [2.45, 2.75) is 0 Å². The first-order valence-electron chi connectivity index (χ1n) is 5.19. The molecule has 3 nitrogen and oxygen atoms in total. The van der Waals surface area contributed by atoms with Gasteiger partial charge < -0.3 is 9.64 Å². The summed E-state index contributed by atoms with van der Waals surface area (Å²) in [6.07, 6.45) is 3.45. The lowest BCUT2D eigenvalue weighted by molar-refractivity contribution is 0.0638. The number of morpholine rings is 1. The number of pyridine rings is 1. The van der Waals surface area contributed by atoms with Gasteiger partial charge >= 0.3 is 0 Å². The maximum absolute atomic E-state index is 5.22. The van der Waals surface area contributed by atoms with Crippen molar-refractivity contribution in [3.63, 3.8) is 0 Å². The molecule has 1 aliphatic heterocycles. The zero-order valence-corrected chi connectivity index (χ0v) is 8.94. The van der Waals surface area contributed by atoms with Gasteiger partial charge in [0.2, 0.25) is 0 Å². The molecule has 0 aromatic carbocycles. The van der Waals surface area contributed by atoms with Crippen molar-refractivity contribution in [3.05, 3.63) is 30.1 Å². The molecule has 0 radical (unpaired) electrons. The molecule has 2 rings (SSSR count). The van der Waals surface area contributed by atoms with Crippen LogP contribution in [-0.4, -0.2) is 36.2 Å². The third-order valence-corrected chi connectivity index (χ3v) is 2.16. The minimum absolute atomic E-state index is 0.755. The number of hydrogen-bond donors (Lipinski definition) is 0. The van der Waals surface area contributed by atoms with Crippen LogP contribution in [-0.2, 0) is 4.74 Å². The molecule has 0 N–H and O–H groups in total. The van der Waals surface area contributed by atoms with Crippen LogP contribution >= 0.6 is 0 Å². The first-order chi connectivity index (χ1) is 7.95. The quantitative estimate of drug-likeness (QED) is 0.593. The highest BCUT2D eigenvalue weighted by Gasteiger charge is 2.04. The van der Waals surface area contributed by atoms with Gasteiger partial charge in [0, 0.05) is 43.0 Å². The van der Waals surface area contributed by atoms with E-state index in [1.165, 1.54) is 0 Å². The number of ether oxygens (including phenoxy) is 1. The molecule has 1 fully saturated rings. The summed E-state index contributed by atoms with van der Waals surface area (Å²) in [6, 6.07) is 6.77. The maximum atomic E-state index is 5.22. The summed E-state index contributed by atoms with van der Waals surface area (Å²) >= 11 is 0. The van der Waals surface area contributed by atoms with Gasteiger partial charge in [0.25, 0.3) is 0 Å². The van der Waals surface area contributed by atoms with Crippen LogP contribution in [0.15, 0.2) is 24.5 Å². The summed E-state index contributed by atoms with van der Waals surface area (Å²) in [7, 11) is 0. The lowest BCUT2D eigenvalue weighted by Gasteiger charge is -2.22. The van der Waals surface area contributed by atoms with Gasteiger partial charge in [0.1, 0.15) is 0 Å². The molecule has 0 bridgehead atoms. The van der Waals surface area contributed by atoms with E-state index >= 15 is 0 Å². The normalized spacial score (nSPS) is 14.4. The minimum Gasteiger partial charge on any atom is -0.378 e. The fourth-order valence-corrected chi connectivity index (χ4v) is 1.32. The first kappa shape index (κ1) is 10.5. The summed E-state index contributed by atoms with van der Waals surface area (Å²) in [5.41, 5.74) is 0.888. The molecule has 1 saturated heterocycles. The van der Waals surface area contributed by atoms with Gasteiger partial charge in [0.05, 0.1) is 13.2 Å². The van der Waals surface area contributed by atoms with Crippen molar-refractivity contribution in [1.29, 1.82) is 0 Å². The van der Waals surface area contributed by atoms with Crippen LogP contribution in [0, 0.1) is 23.8 Å². The zero-order chi connectivity index (χ0) is 11.1. The Morgan fingerprint density at radius 3 is 2.88 bits per heavy atom. The molecule has 0 amide bonds. The van der Waals surface area contributed by atoms with E-state index in [0.717, 1.165) is 31.9 Å². The maximum Gasteiger partial charge on any atom is 0.0649 e. The average molecular weight is 212 g/mol. The van der Waals surface area contributed by atoms with Gasteiger partial charge in [0.15, 0.2) is 0 Å². The van der Waals surface area contributed by atoms with Crippen molar-refractivity contribution in [1.82, 2.24) is 9.88 Å². The van der Waals surface area contributed by atoms with Crippen LogP contribution in [0.2, 0.25) is 0 Å². The minimum atomic E-state index is 0.755. The van der Waals surface area contributed by atoms with Crippen molar-refractivity contribution in [2.75, 3.05) is 26.3 Å². The second-order valence-electron chi connectivity index (χ2n) is 3.33. The summed E-state index contributed by atoms with van der Waals surface area (Å²) in [5.74, 6) is 8.59. The van der Waals surface area contributed by atoms with Crippen molar-refractivity contribution in [3.8, 4) is 23.8 Å². The Hall–Kier alpha value is -1.97. The fraction of sp³-hybridized carbons (Fsp3) is 0.308. The highest BCUT2D eigenvalue weighted by Crippen LogP contribution is 1.93. The van der Waals surface area contributed by atoms with Gasteiger partial charge in [-0.05, 0) is 18.1 Å². The Labute approximate surface area is 95.4 Å². The summed E-state index contributed by atoms with van der Waals surface area (Å²) < 4.78 is 5.22. The van der Waals surface area contributed by atoms with Gasteiger partial charge in [-0.1, -0.05) is 5.92 Å². The molecule has 0 atom stereocenters. The van der Waals surface area contributed by atoms with E-state index in [9.17, 15) is 0 Å². The third kappa shape index (κ3) is 3.31. The molecule has 0 aliphatic carbocycles. The average Bonchev–Trinajstić information content (AvgIpc) is 2.37. The van der Waals surface area contributed by atoms with Crippen LogP contribution in [0.25, 0.3) is 0 Å². The Morgan fingerprint density at radius 1 is 1.25 bits per heavy atom. The molecule has 1 aromatic heterocycles. The standard InChI is InChI=1S/C13H12N2O/c1(4-13-5-3-6-14-12-13)2-7-15-8-10-16-11-9-15/h3,5-6,12H,8-11H2. The van der Waals surface area contributed by atoms with Crippen LogP contribution in [0.3, 0.4) is 0 Å². The van der Waals surface area contributed by atoms with E-state index in [1.807, 2.05) is 17.0 Å². The second-order valence-corrected chi connectivity index (χ2v) is 3.33. The Kier molecular flexibility index (Phi) is 3.82. The SMILES string of the molecule is C(C#CN1CCOCC1)#Cc1cccnc1. The molecule has 2 heterocycles. The van der Waals surface area contributed by atoms with Gasteiger partial charge in [-0.3, -0.25) is 4.98 Å². The zero-order valence-electron chi connectivity index (χ0n) is 8.94. The Balaban J connectivity index is 1.91. The summed E-state index contributed by atoms with van der Waals surface area (Å²) in [4.78, 5) is 6.00. The Morgan fingerprint density at radius 2 is 2.12 bits per heavy atom. The van der Waals surface area contributed by atoms with Crippen LogP contribution in [0.5, 0.6) is 0 Å². The third-order valence-electron chi connectivity index (χ3n) is 2.16. The van der Waals surface area contributed by atoms with Crippen molar-refractivity contribution in [2.24, 2.45) is 0 Å². The highest BCUT2D eigenvalue weighted by atomic mass is 16.5. The van der Waals surface area contributed by atoms with E-state index in [0.29, 0.717) is 0 Å². The first-order valence-corrected chi connectivity index (χ1v) is 5.19. The summed E-state index contributed by atoms with van der Waals surface area (Å²) in [6.45, 7) is 3.23. The van der Waals surface area contributed by atoms with Crippen LogP contribution < -0.4 is 0 Å². The predicted molar refractivity (Wildman–Crippen MR) is 61.3 cm³/mol. The lowest BCUT2D eigenvalue weighted by atomic mass is 10.3. The molecule has 80 valence electrons. The largest absolute Gasteiger partial charge is 0.378 e. The van der Waals surface area contributed by atoms with Crippen LogP contribution in [0.4, 0.5) is 0 Å². The van der Waals surface area contributed by atoms with Crippen molar-refractivity contribution < 1.29 is 4.74 Å². The van der Waals surface area contributed by atoms with E-state index < -0.39 is 0 Å². The van der Waals surface area contributed by atoms with E-state index in [1.54, 1.807) is 12.4 Å². The molecule has 0 unspecified atom stereocenters. The lowest BCUT2D eigenvalue weighted by Crippen LogP contribution is -2.32. The van der Waals surface area contributed by atoms with Gasteiger partial charge in [-0.15, -0.1) is 0 Å². The van der Waals surface area contributed by atoms with E-state index in [-0.39, 0.29) is 0 Å². The molecule has 16 heavy (non-hydrogen) atoms. The number of hydrogen-bond acceptors (Lipinski definition) is 3. The van der Waals surface area contributed by atoms with Gasteiger partial charge in [-0.2, -0.15) is 0 Å². The second kappa shape index (κ2) is 5.80. The molecule has 3 heteroatoms. The molecular formula is C13H12N2O. The predicted octanol–water partition coefficient (Wildman–Crippen LogP) is 0.726. The number of rotatable bonds is 0. The smallest absolute Gasteiger partial charge is 0.0649 e. The van der Waals surface area contributed by atoms with Crippen LogP contribution in [0.1, 0.15) is 5.56 Å². The Bertz CT molecular complexity index is 442. The molecule has 0 saturated carbocycles. The van der Waals surface area contributed by atoms with E-state index in [2.05, 4.69) is 28.8 Å². The van der Waals surface area contributed by atoms with Crippen molar-refractivity contribution >= 4 is 0 Å². The molecule has 1 aromatic rings. The molecule has 0 spiro atoms. The topological polar surface area (TPSA) is 25.4 Å². The molecular weight excluding hydrogens is 200 g/mol. The fourth-order valence-electron chi connectivity index (χ4n) is 1.32. The number of aromatic nitrogens is 1. The summed E-state index contributed by atoms with van der Waals surface area (Å²) in [5, 5.41) is 0. The number of nitrogens with zero attached hydrogens (tertiary/aromatic N) is 2. The monoisotopic (exact) mass is 212 g/mol. The highest BCUT2D eigenvalue weighted by molar-refractivity contribution is 5.37.